The molecule has 1 saturated heterocycles. The highest BCUT2D eigenvalue weighted by molar-refractivity contribution is 5.30. The lowest BCUT2D eigenvalue weighted by Gasteiger charge is -2.30. The van der Waals surface area contributed by atoms with Crippen molar-refractivity contribution in [1.29, 1.82) is 0 Å². The van der Waals surface area contributed by atoms with Gasteiger partial charge in [-0.25, -0.2) is 0 Å². The predicted molar refractivity (Wildman–Crippen MR) is 78.0 cm³/mol. The molecular formula is C16H26N2. The van der Waals surface area contributed by atoms with Crippen molar-refractivity contribution in [3.05, 3.63) is 35.4 Å². The second-order valence-corrected chi connectivity index (χ2v) is 6.10. The number of nitrogens with one attached hydrogen (secondary N) is 1. The van der Waals surface area contributed by atoms with Crippen LogP contribution >= 0.6 is 0 Å². The van der Waals surface area contributed by atoms with Crippen LogP contribution in [0.15, 0.2) is 24.3 Å². The molecular weight excluding hydrogens is 220 g/mol. The molecule has 1 aromatic rings. The molecule has 1 unspecified atom stereocenters. The normalized spacial score (nSPS) is 22.1. The van der Waals surface area contributed by atoms with Crippen molar-refractivity contribution in [2.75, 3.05) is 27.2 Å². The van der Waals surface area contributed by atoms with Crippen LogP contribution in [-0.4, -0.2) is 32.1 Å². The Morgan fingerprint density at radius 2 is 1.89 bits per heavy atom. The highest BCUT2D eigenvalue weighted by atomic mass is 15.1. The third kappa shape index (κ3) is 2.93. The van der Waals surface area contributed by atoms with E-state index in [1.165, 1.54) is 37.1 Å². The van der Waals surface area contributed by atoms with Gasteiger partial charge in [-0.05, 0) is 64.4 Å². The molecule has 0 radical (unpaired) electrons. The number of benzene rings is 1. The third-order valence-electron chi connectivity index (χ3n) is 4.35. The highest BCUT2D eigenvalue weighted by Crippen LogP contribution is 2.28. The van der Waals surface area contributed by atoms with E-state index in [1.54, 1.807) is 0 Å². The molecule has 0 saturated carbocycles. The molecule has 1 aromatic carbocycles. The Balaban J connectivity index is 2.12. The molecule has 1 aliphatic rings. The van der Waals surface area contributed by atoms with Crippen molar-refractivity contribution in [1.82, 2.24) is 10.2 Å². The van der Waals surface area contributed by atoms with Gasteiger partial charge >= 0.3 is 0 Å². The summed E-state index contributed by atoms with van der Waals surface area (Å²) in [6.45, 7) is 6.89. The first-order chi connectivity index (χ1) is 8.53. The van der Waals surface area contributed by atoms with E-state index in [-0.39, 0.29) is 5.54 Å². The van der Waals surface area contributed by atoms with E-state index in [0.717, 1.165) is 5.92 Å². The maximum atomic E-state index is 3.36. The molecule has 0 aliphatic carbocycles. The Labute approximate surface area is 111 Å². The molecule has 2 rings (SSSR count). The molecule has 1 atom stereocenters. The zero-order valence-electron chi connectivity index (χ0n) is 12.2. The Kier molecular flexibility index (Phi) is 4.08. The summed E-state index contributed by atoms with van der Waals surface area (Å²) in [4.78, 5) is 2.44. The monoisotopic (exact) mass is 246 g/mol. The third-order valence-corrected chi connectivity index (χ3v) is 4.35. The minimum Gasteiger partial charge on any atom is -0.311 e. The average molecular weight is 246 g/mol. The predicted octanol–water partition coefficient (Wildman–Crippen LogP) is 2.95. The van der Waals surface area contributed by atoms with E-state index < -0.39 is 0 Å². The van der Waals surface area contributed by atoms with Gasteiger partial charge < -0.3 is 10.2 Å². The van der Waals surface area contributed by atoms with Gasteiger partial charge in [0.25, 0.3) is 0 Å². The van der Waals surface area contributed by atoms with Gasteiger partial charge in [-0.1, -0.05) is 24.3 Å². The maximum Gasteiger partial charge on any atom is 0.0374 e. The molecule has 2 nitrogen and oxygen atoms in total. The van der Waals surface area contributed by atoms with E-state index in [0.29, 0.717) is 0 Å². The molecule has 0 amide bonds. The van der Waals surface area contributed by atoms with Gasteiger partial charge in [-0.3, -0.25) is 0 Å². The second-order valence-electron chi connectivity index (χ2n) is 6.10. The van der Waals surface area contributed by atoms with Gasteiger partial charge in [0.05, 0.1) is 0 Å². The van der Waals surface area contributed by atoms with Crippen molar-refractivity contribution >= 4 is 0 Å². The lowest BCUT2D eigenvalue weighted by molar-refractivity contribution is 0.251. The quantitative estimate of drug-likeness (QED) is 0.882. The van der Waals surface area contributed by atoms with Gasteiger partial charge in [0.2, 0.25) is 0 Å². The van der Waals surface area contributed by atoms with Crippen LogP contribution < -0.4 is 5.32 Å². The molecule has 1 heterocycles. The lowest BCUT2D eigenvalue weighted by Crippen LogP contribution is -2.33. The fourth-order valence-corrected chi connectivity index (χ4v) is 2.75. The minimum absolute atomic E-state index is 0.0574. The van der Waals surface area contributed by atoms with Crippen LogP contribution in [-0.2, 0) is 5.54 Å². The fraction of sp³-hybridized carbons (Fsp3) is 0.625. The van der Waals surface area contributed by atoms with Crippen LogP contribution in [0.2, 0.25) is 0 Å². The number of hydrogen-bond acceptors (Lipinski definition) is 2. The number of likely N-dealkylation sites (N-methyl/N-ethyl adjacent to an activating group) is 1. The number of likely N-dealkylation sites (tertiary alicyclic amines) is 1. The van der Waals surface area contributed by atoms with Gasteiger partial charge in [-0.15, -0.1) is 0 Å². The largest absolute Gasteiger partial charge is 0.311 e. The Morgan fingerprint density at radius 1 is 1.22 bits per heavy atom. The number of piperidine rings is 1. The van der Waals surface area contributed by atoms with Crippen LogP contribution in [0.5, 0.6) is 0 Å². The molecule has 2 heteroatoms. The standard InChI is InChI=1S/C16H26N2/c1-16(2,17-3)15-9-7-13(8-10-15)14-6-5-11-18(4)12-14/h7-10,14,17H,5-6,11-12H2,1-4H3. The molecule has 0 spiro atoms. The minimum atomic E-state index is 0.0574. The molecule has 1 fully saturated rings. The molecule has 1 N–H and O–H groups in total. The number of nitrogens with zero attached hydrogens (tertiary/aromatic N) is 1. The maximum absolute atomic E-state index is 3.36. The van der Waals surface area contributed by atoms with Gasteiger partial charge in [0, 0.05) is 12.1 Å². The smallest absolute Gasteiger partial charge is 0.0374 e. The lowest BCUT2D eigenvalue weighted by atomic mass is 9.87. The van der Waals surface area contributed by atoms with E-state index >= 15 is 0 Å². The summed E-state index contributed by atoms with van der Waals surface area (Å²) in [5.41, 5.74) is 2.91. The first-order valence-corrected chi connectivity index (χ1v) is 7.01. The van der Waals surface area contributed by atoms with Crippen LogP contribution in [0.1, 0.15) is 43.7 Å². The van der Waals surface area contributed by atoms with Gasteiger partial charge in [0.15, 0.2) is 0 Å². The molecule has 1 aliphatic heterocycles. The summed E-state index contributed by atoms with van der Waals surface area (Å²) in [6.07, 6.45) is 2.66. The zero-order valence-corrected chi connectivity index (χ0v) is 12.2. The Hall–Kier alpha value is -0.860. The van der Waals surface area contributed by atoms with Crippen molar-refractivity contribution < 1.29 is 0 Å². The SMILES string of the molecule is CNC(C)(C)c1ccc(C2CCCN(C)C2)cc1. The summed E-state index contributed by atoms with van der Waals surface area (Å²) in [7, 11) is 4.24. The summed E-state index contributed by atoms with van der Waals surface area (Å²) < 4.78 is 0. The van der Waals surface area contributed by atoms with Gasteiger partial charge in [0.1, 0.15) is 0 Å². The van der Waals surface area contributed by atoms with E-state index in [2.05, 4.69) is 55.4 Å². The topological polar surface area (TPSA) is 15.3 Å². The fourth-order valence-electron chi connectivity index (χ4n) is 2.75. The molecule has 100 valence electrons. The summed E-state index contributed by atoms with van der Waals surface area (Å²) in [6, 6.07) is 9.19. The van der Waals surface area contributed by atoms with Crippen LogP contribution in [0.4, 0.5) is 0 Å². The first kappa shape index (κ1) is 13.6. The van der Waals surface area contributed by atoms with E-state index in [9.17, 15) is 0 Å². The highest BCUT2D eigenvalue weighted by Gasteiger charge is 2.21. The first-order valence-electron chi connectivity index (χ1n) is 7.01. The van der Waals surface area contributed by atoms with Crippen molar-refractivity contribution in [3.63, 3.8) is 0 Å². The molecule has 18 heavy (non-hydrogen) atoms. The van der Waals surface area contributed by atoms with Crippen molar-refractivity contribution in [2.24, 2.45) is 0 Å². The summed E-state index contributed by atoms with van der Waals surface area (Å²) in [5, 5.41) is 3.36. The summed E-state index contributed by atoms with van der Waals surface area (Å²) in [5.74, 6) is 0.718. The van der Waals surface area contributed by atoms with Crippen LogP contribution in [0.3, 0.4) is 0 Å². The Bertz CT molecular complexity index is 381. The zero-order chi connectivity index (χ0) is 13.2. The van der Waals surface area contributed by atoms with Crippen LogP contribution in [0.25, 0.3) is 0 Å². The second kappa shape index (κ2) is 5.41. The van der Waals surface area contributed by atoms with Crippen molar-refractivity contribution in [2.45, 2.75) is 38.1 Å². The molecule has 0 bridgehead atoms. The number of hydrogen-bond donors (Lipinski definition) is 1. The summed E-state index contributed by atoms with van der Waals surface area (Å²) >= 11 is 0. The van der Waals surface area contributed by atoms with Gasteiger partial charge in [-0.2, -0.15) is 0 Å². The van der Waals surface area contributed by atoms with E-state index in [1.807, 2.05) is 7.05 Å². The average Bonchev–Trinajstić information content (AvgIpc) is 2.39. The van der Waals surface area contributed by atoms with E-state index in [4.69, 9.17) is 0 Å². The van der Waals surface area contributed by atoms with Crippen LogP contribution in [0, 0.1) is 0 Å². The Morgan fingerprint density at radius 3 is 2.44 bits per heavy atom. The van der Waals surface area contributed by atoms with Crippen molar-refractivity contribution in [3.8, 4) is 0 Å². The molecule has 0 aromatic heterocycles. The number of rotatable bonds is 3.